The Morgan fingerprint density at radius 3 is 2.57 bits per heavy atom. The van der Waals surface area contributed by atoms with Gasteiger partial charge in [-0.2, -0.15) is 4.98 Å². The molecule has 2 rings (SSSR count). The van der Waals surface area contributed by atoms with Crippen LogP contribution in [0, 0.1) is 20.8 Å². The summed E-state index contributed by atoms with van der Waals surface area (Å²) in [5.74, 6) is 1.19. The Labute approximate surface area is 82.0 Å². The van der Waals surface area contributed by atoms with Crippen LogP contribution in [0.3, 0.4) is 0 Å². The number of aryl methyl sites for hydroxylation is 3. The molecule has 2 heterocycles. The van der Waals surface area contributed by atoms with Crippen molar-refractivity contribution in [1.29, 1.82) is 0 Å². The third-order valence-electron chi connectivity index (χ3n) is 2.10. The fourth-order valence-corrected chi connectivity index (χ4v) is 1.43. The Bertz CT molecular complexity index is 442. The van der Waals surface area contributed by atoms with Gasteiger partial charge in [-0.05, 0) is 25.5 Å². The summed E-state index contributed by atoms with van der Waals surface area (Å²) in [6.07, 6.45) is 1.78. The number of hydrogen-bond donors (Lipinski definition) is 0. The fourth-order valence-electron chi connectivity index (χ4n) is 1.43. The van der Waals surface area contributed by atoms with Gasteiger partial charge in [-0.3, -0.25) is 4.98 Å². The van der Waals surface area contributed by atoms with Crippen molar-refractivity contribution in [2.45, 2.75) is 20.8 Å². The molecular weight excluding hydrogens is 178 g/mol. The minimum Gasteiger partial charge on any atom is -0.339 e. The molecule has 0 amide bonds. The van der Waals surface area contributed by atoms with Gasteiger partial charge in [0, 0.05) is 24.4 Å². The lowest BCUT2D eigenvalue weighted by molar-refractivity contribution is 0.394. The van der Waals surface area contributed by atoms with Crippen LogP contribution in [0.5, 0.6) is 0 Å². The third kappa shape index (κ3) is 1.39. The van der Waals surface area contributed by atoms with Crippen LogP contribution < -0.4 is 0 Å². The average molecular weight is 189 g/mol. The molecule has 0 spiro atoms. The summed E-state index contributed by atoms with van der Waals surface area (Å²) in [5, 5.41) is 3.88. The van der Waals surface area contributed by atoms with Crippen molar-refractivity contribution in [2.24, 2.45) is 0 Å². The molecule has 4 heteroatoms. The topological polar surface area (TPSA) is 51.8 Å². The summed E-state index contributed by atoms with van der Waals surface area (Å²) in [7, 11) is 0. The summed E-state index contributed by atoms with van der Waals surface area (Å²) in [6.45, 7) is 5.72. The molecule has 0 bridgehead atoms. The molecule has 4 nitrogen and oxygen atoms in total. The van der Waals surface area contributed by atoms with Gasteiger partial charge in [0.1, 0.15) is 0 Å². The van der Waals surface area contributed by atoms with Gasteiger partial charge < -0.3 is 4.52 Å². The van der Waals surface area contributed by atoms with Gasteiger partial charge in [-0.25, -0.2) is 0 Å². The molecule has 0 aromatic carbocycles. The van der Waals surface area contributed by atoms with Crippen molar-refractivity contribution in [2.75, 3.05) is 0 Å². The Hall–Kier alpha value is -1.71. The zero-order valence-electron chi connectivity index (χ0n) is 8.40. The summed E-state index contributed by atoms with van der Waals surface area (Å²) < 4.78 is 4.94. The van der Waals surface area contributed by atoms with Crippen LogP contribution >= 0.6 is 0 Å². The van der Waals surface area contributed by atoms with E-state index >= 15 is 0 Å². The highest BCUT2D eigenvalue weighted by molar-refractivity contribution is 5.61. The second-order valence-electron chi connectivity index (χ2n) is 3.23. The van der Waals surface area contributed by atoms with E-state index in [9.17, 15) is 0 Å². The van der Waals surface area contributed by atoms with Gasteiger partial charge >= 0.3 is 0 Å². The molecule has 72 valence electrons. The van der Waals surface area contributed by atoms with E-state index in [1.54, 1.807) is 13.1 Å². The monoisotopic (exact) mass is 189 g/mol. The van der Waals surface area contributed by atoms with Crippen LogP contribution in [-0.4, -0.2) is 15.1 Å². The van der Waals surface area contributed by atoms with Crippen molar-refractivity contribution >= 4 is 0 Å². The highest BCUT2D eigenvalue weighted by Gasteiger charge is 2.11. The Balaban J connectivity index is 2.61. The fraction of sp³-hybridized carbons (Fsp3) is 0.300. The molecule has 0 radical (unpaired) electrons. The lowest BCUT2D eigenvalue weighted by atomic mass is 10.1. The third-order valence-corrected chi connectivity index (χ3v) is 2.10. The maximum absolute atomic E-state index is 4.94. The second-order valence-corrected chi connectivity index (χ2v) is 3.23. The van der Waals surface area contributed by atoms with Crippen molar-refractivity contribution in [3.05, 3.63) is 29.4 Å². The van der Waals surface area contributed by atoms with Crippen LogP contribution in [0.25, 0.3) is 11.4 Å². The van der Waals surface area contributed by atoms with Crippen molar-refractivity contribution < 1.29 is 4.52 Å². The molecule has 2 aromatic heterocycles. The van der Waals surface area contributed by atoms with Crippen LogP contribution in [0.15, 0.2) is 16.8 Å². The second kappa shape index (κ2) is 3.21. The van der Waals surface area contributed by atoms with E-state index in [2.05, 4.69) is 15.1 Å². The highest BCUT2D eigenvalue weighted by Crippen LogP contribution is 2.22. The molecular formula is C10H11N3O. The van der Waals surface area contributed by atoms with Crippen LogP contribution in [0.4, 0.5) is 0 Å². The number of hydrogen-bond acceptors (Lipinski definition) is 4. The minimum atomic E-state index is 0.572. The predicted octanol–water partition coefficient (Wildman–Crippen LogP) is 2.06. The first-order valence-corrected chi connectivity index (χ1v) is 4.41. The first kappa shape index (κ1) is 8.87. The number of rotatable bonds is 1. The van der Waals surface area contributed by atoms with Gasteiger partial charge in [0.05, 0.1) is 0 Å². The smallest absolute Gasteiger partial charge is 0.223 e. The SMILES string of the molecule is Cc1nc(-c2c(C)ccnc2C)no1. The van der Waals surface area contributed by atoms with E-state index in [1.165, 1.54) is 0 Å². The molecule has 0 atom stereocenters. The van der Waals surface area contributed by atoms with Crippen molar-refractivity contribution in [3.63, 3.8) is 0 Å². The summed E-state index contributed by atoms with van der Waals surface area (Å²) in [4.78, 5) is 8.39. The van der Waals surface area contributed by atoms with E-state index in [1.807, 2.05) is 19.9 Å². The summed E-state index contributed by atoms with van der Waals surface area (Å²) >= 11 is 0. The number of nitrogens with zero attached hydrogens (tertiary/aromatic N) is 3. The Kier molecular flexibility index (Phi) is 2.04. The minimum absolute atomic E-state index is 0.572. The van der Waals surface area contributed by atoms with Crippen molar-refractivity contribution in [3.8, 4) is 11.4 Å². The molecule has 0 aliphatic rings. The van der Waals surface area contributed by atoms with E-state index in [-0.39, 0.29) is 0 Å². The predicted molar refractivity (Wildman–Crippen MR) is 51.7 cm³/mol. The van der Waals surface area contributed by atoms with Crippen LogP contribution in [0.1, 0.15) is 17.1 Å². The van der Waals surface area contributed by atoms with Gasteiger partial charge in [-0.1, -0.05) is 5.16 Å². The molecule has 2 aromatic rings. The normalized spacial score (nSPS) is 10.5. The summed E-state index contributed by atoms with van der Waals surface area (Å²) in [5.41, 5.74) is 2.99. The lowest BCUT2D eigenvalue weighted by Gasteiger charge is -2.02. The van der Waals surface area contributed by atoms with Gasteiger partial charge in [0.15, 0.2) is 0 Å². The maximum atomic E-state index is 4.94. The van der Waals surface area contributed by atoms with E-state index < -0.39 is 0 Å². The number of aromatic nitrogens is 3. The molecule has 0 N–H and O–H groups in total. The van der Waals surface area contributed by atoms with Gasteiger partial charge in [0.2, 0.25) is 11.7 Å². The Morgan fingerprint density at radius 1 is 1.21 bits per heavy atom. The van der Waals surface area contributed by atoms with Crippen LogP contribution in [-0.2, 0) is 0 Å². The lowest BCUT2D eigenvalue weighted by Crippen LogP contribution is -1.92. The molecule has 0 unspecified atom stereocenters. The van der Waals surface area contributed by atoms with E-state index in [0.29, 0.717) is 11.7 Å². The molecule has 14 heavy (non-hydrogen) atoms. The largest absolute Gasteiger partial charge is 0.339 e. The van der Waals surface area contributed by atoms with E-state index in [4.69, 9.17) is 4.52 Å². The molecule has 0 fully saturated rings. The van der Waals surface area contributed by atoms with E-state index in [0.717, 1.165) is 16.8 Å². The zero-order valence-corrected chi connectivity index (χ0v) is 8.40. The Morgan fingerprint density at radius 2 is 2.00 bits per heavy atom. The van der Waals surface area contributed by atoms with Gasteiger partial charge in [-0.15, -0.1) is 0 Å². The number of pyridine rings is 1. The first-order chi connectivity index (χ1) is 6.68. The van der Waals surface area contributed by atoms with Crippen LogP contribution in [0.2, 0.25) is 0 Å². The highest BCUT2D eigenvalue weighted by atomic mass is 16.5. The average Bonchev–Trinajstić information content (AvgIpc) is 2.51. The molecule has 0 aliphatic carbocycles. The van der Waals surface area contributed by atoms with Gasteiger partial charge in [0.25, 0.3) is 0 Å². The van der Waals surface area contributed by atoms with Crippen molar-refractivity contribution in [1.82, 2.24) is 15.1 Å². The first-order valence-electron chi connectivity index (χ1n) is 4.41. The molecule has 0 saturated carbocycles. The zero-order chi connectivity index (χ0) is 10.1. The molecule has 0 saturated heterocycles. The standard InChI is InChI=1S/C10H11N3O/c1-6-4-5-11-7(2)9(6)10-12-8(3)14-13-10/h4-5H,1-3H3. The summed E-state index contributed by atoms with van der Waals surface area (Å²) in [6, 6.07) is 1.94. The quantitative estimate of drug-likeness (QED) is 0.689. The maximum Gasteiger partial charge on any atom is 0.223 e. The molecule has 0 aliphatic heterocycles.